The van der Waals surface area contributed by atoms with Crippen LogP contribution in [0.4, 0.5) is 0 Å². The standard InChI is InChI=1S/C11H16N2O6/c1-12-3-5(10(17)13(2)11(12)18)9-8(16)7(15)6(4-14)19-9/h3,6-9,14-16H,4H2,1-2H3/t6-,7-,8-,9-/m1/s1. The Balaban J connectivity index is 2.50. The number of hydrogen-bond donors (Lipinski definition) is 3. The van der Waals surface area contributed by atoms with Crippen molar-refractivity contribution in [2.24, 2.45) is 14.1 Å². The Kier molecular flexibility index (Phi) is 3.59. The van der Waals surface area contributed by atoms with E-state index in [1.165, 1.54) is 24.9 Å². The molecule has 4 atom stereocenters. The number of hydrogen-bond acceptors (Lipinski definition) is 6. The van der Waals surface area contributed by atoms with Crippen LogP contribution < -0.4 is 11.2 Å². The molecule has 3 N–H and O–H groups in total. The first-order chi connectivity index (χ1) is 8.88. The number of nitrogens with zero attached hydrogens (tertiary/aromatic N) is 2. The molecule has 8 heteroatoms. The van der Waals surface area contributed by atoms with Crippen LogP contribution in [-0.2, 0) is 18.8 Å². The van der Waals surface area contributed by atoms with Gasteiger partial charge in [0.1, 0.15) is 24.4 Å². The van der Waals surface area contributed by atoms with Gasteiger partial charge in [-0.1, -0.05) is 0 Å². The molecule has 0 unspecified atom stereocenters. The van der Waals surface area contributed by atoms with Gasteiger partial charge in [-0.2, -0.15) is 0 Å². The molecule has 1 fully saturated rings. The van der Waals surface area contributed by atoms with E-state index >= 15 is 0 Å². The fourth-order valence-electron chi connectivity index (χ4n) is 2.19. The second-order valence-electron chi connectivity index (χ2n) is 4.60. The molecule has 0 saturated carbocycles. The fraction of sp³-hybridized carbons (Fsp3) is 0.636. The molecule has 1 aromatic rings. The predicted molar refractivity (Wildman–Crippen MR) is 63.6 cm³/mol. The van der Waals surface area contributed by atoms with E-state index in [1.54, 1.807) is 0 Å². The van der Waals surface area contributed by atoms with Gasteiger partial charge in [0.25, 0.3) is 5.56 Å². The van der Waals surface area contributed by atoms with Crippen molar-refractivity contribution in [2.45, 2.75) is 24.4 Å². The van der Waals surface area contributed by atoms with Crippen molar-refractivity contribution in [3.63, 3.8) is 0 Å². The number of aliphatic hydroxyl groups excluding tert-OH is 3. The van der Waals surface area contributed by atoms with E-state index in [1.807, 2.05) is 0 Å². The average molecular weight is 272 g/mol. The molecule has 8 nitrogen and oxygen atoms in total. The monoisotopic (exact) mass is 272 g/mol. The highest BCUT2D eigenvalue weighted by atomic mass is 16.6. The van der Waals surface area contributed by atoms with Crippen molar-refractivity contribution in [1.29, 1.82) is 0 Å². The average Bonchev–Trinajstić information content (AvgIpc) is 2.68. The lowest BCUT2D eigenvalue weighted by Gasteiger charge is -2.15. The van der Waals surface area contributed by atoms with Crippen LogP contribution in [0.3, 0.4) is 0 Å². The first kappa shape index (κ1) is 13.9. The van der Waals surface area contributed by atoms with E-state index in [9.17, 15) is 19.8 Å². The SMILES string of the molecule is Cn1cc([C@H]2O[C@H](CO)[C@@H](O)[C@H]2O)c(=O)n(C)c1=O. The molecule has 0 bridgehead atoms. The van der Waals surface area contributed by atoms with Crippen LogP contribution in [0.2, 0.25) is 0 Å². The lowest BCUT2D eigenvalue weighted by molar-refractivity contribution is -0.0234. The van der Waals surface area contributed by atoms with Crippen LogP contribution in [0.5, 0.6) is 0 Å². The largest absolute Gasteiger partial charge is 0.394 e. The Morgan fingerprint density at radius 3 is 2.42 bits per heavy atom. The third-order valence-electron chi connectivity index (χ3n) is 3.32. The molecule has 2 rings (SSSR count). The third kappa shape index (κ3) is 2.12. The van der Waals surface area contributed by atoms with Gasteiger partial charge >= 0.3 is 5.69 Å². The van der Waals surface area contributed by atoms with Gasteiger partial charge in [-0.3, -0.25) is 9.36 Å². The van der Waals surface area contributed by atoms with Gasteiger partial charge in [-0.15, -0.1) is 0 Å². The summed E-state index contributed by atoms with van der Waals surface area (Å²) in [6.07, 6.45) is -3.37. The Labute approximate surface area is 108 Å². The minimum atomic E-state index is -1.33. The molecule has 0 radical (unpaired) electrons. The molecule has 0 aliphatic carbocycles. The highest BCUT2D eigenvalue weighted by Crippen LogP contribution is 2.31. The molecule has 0 spiro atoms. The first-order valence-electron chi connectivity index (χ1n) is 5.77. The highest BCUT2D eigenvalue weighted by Gasteiger charge is 2.44. The van der Waals surface area contributed by atoms with Gasteiger partial charge in [-0.05, 0) is 0 Å². The molecule has 1 aromatic heterocycles. The van der Waals surface area contributed by atoms with Gasteiger partial charge in [0.15, 0.2) is 0 Å². The Hall–Kier alpha value is -1.48. The van der Waals surface area contributed by atoms with Crippen molar-refractivity contribution < 1.29 is 20.1 Å². The summed E-state index contributed by atoms with van der Waals surface area (Å²) in [5.74, 6) is 0. The third-order valence-corrected chi connectivity index (χ3v) is 3.32. The highest BCUT2D eigenvalue weighted by molar-refractivity contribution is 5.14. The van der Waals surface area contributed by atoms with Crippen molar-refractivity contribution in [1.82, 2.24) is 9.13 Å². The van der Waals surface area contributed by atoms with E-state index < -0.39 is 42.3 Å². The van der Waals surface area contributed by atoms with E-state index in [-0.39, 0.29) is 5.56 Å². The summed E-state index contributed by atoms with van der Waals surface area (Å²) in [6, 6.07) is 0. The normalized spacial score (nSPS) is 30.8. The van der Waals surface area contributed by atoms with Gasteiger partial charge in [0.2, 0.25) is 0 Å². The summed E-state index contributed by atoms with van der Waals surface area (Å²) in [4.78, 5) is 23.5. The predicted octanol–water partition coefficient (Wildman–Crippen LogP) is -2.76. The van der Waals surface area contributed by atoms with E-state index in [0.29, 0.717) is 0 Å². The Morgan fingerprint density at radius 2 is 1.89 bits per heavy atom. The number of ether oxygens (including phenoxy) is 1. The van der Waals surface area contributed by atoms with Crippen LogP contribution in [0.1, 0.15) is 11.7 Å². The second kappa shape index (κ2) is 4.89. The molecular formula is C11H16N2O6. The summed E-state index contributed by atoms with van der Waals surface area (Å²) >= 11 is 0. The smallest absolute Gasteiger partial charge is 0.330 e. The van der Waals surface area contributed by atoms with Crippen molar-refractivity contribution in [3.8, 4) is 0 Å². The zero-order valence-corrected chi connectivity index (χ0v) is 10.6. The van der Waals surface area contributed by atoms with E-state index in [2.05, 4.69) is 0 Å². The van der Waals surface area contributed by atoms with Gasteiger partial charge < -0.3 is 24.6 Å². The van der Waals surface area contributed by atoms with Crippen LogP contribution in [0.25, 0.3) is 0 Å². The van der Waals surface area contributed by atoms with E-state index in [4.69, 9.17) is 9.84 Å². The summed E-state index contributed by atoms with van der Waals surface area (Å²) in [6.45, 7) is -0.471. The summed E-state index contributed by atoms with van der Waals surface area (Å²) < 4.78 is 7.35. The number of aryl methyl sites for hydroxylation is 1. The maximum absolute atomic E-state index is 12.0. The topological polar surface area (TPSA) is 114 Å². The van der Waals surface area contributed by atoms with Crippen molar-refractivity contribution in [3.05, 3.63) is 32.6 Å². The van der Waals surface area contributed by atoms with Crippen molar-refractivity contribution in [2.75, 3.05) is 6.61 Å². The van der Waals surface area contributed by atoms with Gasteiger partial charge in [-0.25, -0.2) is 4.79 Å². The molecule has 0 amide bonds. The molecule has 106 valence electrons. The fourth-order valence-corrected chi connectivity index (χ4v) is 2.19. The zero-order valence-electron chi connectivity index (χ0n) is 10.6. The minimum absolute atomic E-state index is 0.0621. The minimum Gasteiger partial charge on any atom is -0.394 e. The van der Waals surface area contributed by atoms with Gasteiger partial charge in [0.05, 0.1) is 12.2 Å². The zero-order chi connectivity index (χ0) is 14.3. The maximum atomic E-state index is 12.0. The molecular weight excluding hydrogens is 256 g/mol. The molecule has 1 aliphatic heterocycles. The maximum Gasteiger partial charge on any atom is 0.330 e. The van der Waals surface area contributed by atoms with E-state index in [0.717, 1.165) is 4.57 Å². The second-order valence-corrected chi connectivity index (χ2v) is 4.60. The molecule has 19 heavy (non-hydrogen) atoms. The summed E-state index contributed by atoms with van der Waals surface area (Å²) in [7, 11) is 2.78. The molecule has 0 aromatic carbocycles. The van der Waals surface area contributed by atoms with Crippen LogP contribution in [-0.4, -0.2) is 49.4 Å². The molecule has 1 aliphatic rings. The number of rotatable bonds is 2. The Bertz CT molecular complexity index is 592. The van der Waals surface area contributed by atoms with Crippen LogP contribution in [0, 0.1) is 0 Å². The van der Waals surface area contributed by atoms with Crippen molar-refractivity contribution >= 4 is 0 Å². The lowest BCUT2D eigenvalue weighted by Crippen LogP contribution is -2.40. The molecule has 1 saturated heterocycles. The first-order valence-corrected chi connectivity index (χ1v) is 5.77. The number of aromatic nitrogens is 2. The number of aliphatic hydroxyl groups is 3. The van der Waals surface area contributed by atoms with Crippen LogP contribution >= 0.6 is 0 Å². The summed E-state index contributed by atoms with van der Waals surface area (Å²) in [5.41, 5.74) is -1.04. The summed E-state index contributed by atoms with van der Waals surface area (Å²) in [5, 5.41) is 28.5. The van der Waals surface area contributed by atoms with Crippen LogP contribution in [0.15, 0.2) is 15.8 Å². The Morgan fingerprint density at radius 1 is 1.26 bits per heavy atom. The quantitative estimate of drug-likeness (QED) is 0.537. The molecule has 2 heterocycles. The lowest BCUT2D eigenvalue weighted by atomic mass is 10.0. The van der Waals surface area contributed by atoms with Gasteiger partial charge in [0, 0.05) is 20.3 Å².